The predicted octanol–water partition coefficient (Wildman–Crippen LogP) is 4.70. The molecule has 20 heavy (non-hydrogen) atoms. The summed E-state index contributed by atoms with van der Waals surface area (Å²) in [5, 5.41) is 11.3. The molecule has 0 heterocycles. The molecule has 5 heteroatoms. The van der Waals surface area contributed by atoms with E-state index in [0.29, 0.717) is 27.8 Å². The van der Waals surface area contributed by atoms with Gasteiger partial charge in [0.15, 0.2) is 0 Å². The van der Waals surface area contributed by atoms with Crippen molar-refractivity contribution in [3.8, 4) is 0 Å². The highest BCUT2D eigenvalue weighted by Crippen LogP contribution is 2.36. The Morgan fingerprint density at radius 3 is 2.70 bits per heavy atom. The van der Waals surface area contributed by atoms with Crippen LogP contribution < -0.4 is 5.73 Å². The fourth-order valence-corrected chi connectivity index (χ4v) is 3.30. The Bertz CT molecular complexity index is 498. The monoisotopic (exact) mass is 293 g/mol. The van der Waals surface area contributed by atoms with Crippen molar-refractivity contribution in [2.24, 2.45) is 11.1 Å². The van der Waals surface area contributed by atoms with E-state index >= 15 is 0 Å². The molecular weight excluding hydrogens is 274 g/mol. The lowest BCUT2D eigenvalue weighted by Gasteiger charge is -2.24. The summed E-state index contributed by atoms with van der Waals surface area (Å²) >= 11 is 6.02. The summed E-state index contributed by atoms with van der Waals surface area (Å²) in [6.07, 6.45) is 7.95. The number of anilines is 1. The third-order valence-corrected chi connectivity index (χ3v) is 4.34. The Morgan fingerprint density at radius 1 is 1.40 bits per heavy atom. The number of nitrogens with one attached hydrogen (secondary N) is 1. The fourth-order valence-electron chi connectivity index (χ4n) is 3.07. The van der Waals surface area contributed by atoms with Gasteiger partial charge in [0.1, 0.15) is 6.04 Å². The third kappa shape index (κ3) is 3.37. The molecule has 0 saturated heterocycles. The topological polar surface area (TPSA) is 79.3 Å². The van der Waals surface area contributed by atoms with Crippen molar-refractivity contribution in [3.63, 3.8) is 0 Å². The summed E-state index contributed by atoms with van der Waals surface area (Å²) in [6.45, 7) is 0. The number of nitrogen functional groups attached to an aromatic ring is 1. The number of rotatable bonds is 5. The Morgan fingerprint density at radius 2 is 2.10 bits per heavy atom. The van der Waals surface area contributed by atoms with Gasteiger partial charge in [-0.2, -0.15) is 4.91 Å². The quantitative estimate of drug-likeness (QED) is 0.469. The molecular formula is C15H20ClN3O. The van der Waals surface area contributed by atoms with Crippen molar-refractivity contribution in [2.45, 2.75) is 44.6 Å². The van der Waals surface area contributed by atoms with E-state index in [1.807, 2.05) is 0 Å². The van der Waals surface area contributed by atoms with Crippen LogP contribution in [-0.4, -0.2) is 6.21 Å². The smallest absolute Gasteiger partial charge is 0.118 e. The first-order chi connectivity index (χ1) is 9.65. The first kappa shape index (κ1) is 15.0. The molecule has 1 aliphatic carbocycles. The second kappa shape index (κ2) is 6.84. The van der Waals surface area contributed by atoms with E-state index in [1.54, 1.807) is 12.1 Å². The van der Waals surface area contributed by atoms with Gasteiger partial charge in [0, 0.05) is 22.5 Å². The minimum atomic E-state index is -0.462. The molecule has 4 nitrogen and oxygen atoms in total. The maximum atomic E-state index is 11.3. The van der Waals surface area contributed by atoms with Crippen LogP contribution in [0.4, 0.5) is 5.69 Å². The van der Waals surface area contributed by atoms with Gasteiger partial charge in [0.25, 0.3) is 0 Å². The Labute approximate surface area is 124 Å². The van der Waals surface area contributed by atoms with E-state index in [-0.39, 0.29) is 0 Å². The van der Waals surface area contributed by atoms with Crippen molar-refractivity contribution in [1.82, 2.24) is 0 Å². The number of benzene rings is 1. The van der Waals surface area contributed by atoms with E-state index in [4.69, 9.17) is 22.7 Å². The summed E-state index contributed by atoms with van der Waals surface area (Å²) in [5.74, 6) is 0.533. The van der Waals surface area contributed by atoms with Gasteiger partial charge in [-0.15, -0.1) is 0 Å². The van der Waals surface area contributed by atoms with Crippen LogP contribution in [0, 0.1) is 16.2 Å². The molecule has 1 unspecified atom stereocenters. The van der Waals surface area contributed by atoms with Crippen LogP contribution in [0.3, 0.4) is 0 Å². The largest absolute Gasteiger partial charge is 0.398 e. The molecule has 2 rings (SSSR count). The first-order valence-corrected chi connectivity index (χ1v) is 7.45. The third-order valence-electron chi connectivity index (χ3n) is 4.12. The lowest BCUT2D eigenvalue weighted by atomic mass is 9.83. The Hall–Kier alpha value is -1.42. The predicted molar refractivity (Wildman–Crippen MR) is 83.5 cm³/mol. The molecule has 1 fully saturated rings. The second-order valence-electron chi connectivity index (χ2n) is 5.50. The Balaban J connectivity index is 2.26. The van der Waals surface area contributed by atoms with Crippen LogP contribution in [0.1, 0.15) is 55.7 Å². The minimum Gasteiger partial charge on any atom is -0.398 e. The van der Waals surface area contributed by atoms with Gasteiger partial charge < -0.3 is 11.1 Å². The second-order valence-corrected chi connectivity index (χ2v) is 5.94. The van der Waals surface area contributed by atoms with Crippen LogP contribution in [-0.2, 0) is 0 Å². The molecule has 0 radical (unpaired) electrons. The fraction of sp³-hybridized carbons (Fsp3) is 0.533. The van der Waals surface area contributed by atoms with Crippen LogP contribution in [0.2, 0.25) is 5.02 Å². The highest BCUT2D eigenvalue weighted by Gasteiger charge is 2.23. The molecule has 0 aliphatic heterocycles. The standard InChI is InChI=1S/C15H20ClN3O/c16-11-7-12(13(9-17)14(18)8-11)15(19-20)6-10-4-2-1-3-5-10/h7-10,15,17H,1-6,18H2. The van der Waals surface area contributed by atoms with Crippen LogP contribution in [0.15, 0.2) is 17.3 Å². The molecule has 0 spiro atoms. The van der Waals surface area contributed by atoms with Crippen molar-refractivity contribution in [3.05, 3.63) is 33.2 Å². The SMILES string of the molecule is N=Cc1c(N)cc(Cl)cc1C(CC1CCCCC1)N=O. The number of nitrogens with zero attached hydrogens (tertiary/aromatic N) is 1. The van der Waals surface area contributed by atoms with Crippen molar-refractivity contribution >= 4 is 23.5 Å². The molecule has 1 aromatic rings. The van der Waals surface area contributed by atoms with Crippen LogP contribution in [0.25, 0.3) is 0 Å². The number of nitroso groups, excluding NO2 is 1. The maximum absolute atomic E-state index is 11.3. The molecule has 1 aromatic carbocycles. The van der Waals surface area contributed by atoms with Gasteiger partial charge in [-0.3, -0.25) is 0 Å². The van der Waals surface area contributed by atoms with Gasteiger partial charge in [-0.05, 0) is 30.0 Å². The zero-order chi connectivity index (χ0) is 14.5. The van der Waals surface area contributed by atoms with Crippen LogP contribution >= 0.6 is 11.6 Å². The van der Waals surface area contributed by atoms with E-state index in [9.17, 15) is 4.91 Å². The molecule has 1 atom stereocenters. The molecule has 0 bridgehead atoms. The number of hydrogen-bond acceptors (Lipinski definition) is 4. The molecule has 1 aliphatic rings. The van der Waals surface area contributed by atoms with Gasteiger partial charge in [-0.1, -0.05) is 48.9 Å². The highest BCUT2D eigenvalue weighted by atomic mass is 35.5. The van der Waals surface area contributed by atoms with E-state index in [0.717, 1.165) is 19.3 Å². The number of halogens is 1. The summed E-state index contributed by atoms with van der Waals surface area (Å²) in [4.78, 5) is 11.3. The van der Waals surface area contributed by atoms with Gasteiger partial charge in [0.05, 0.1) is 0 Å². The average molecular weight is 294 g/mol. The molecule has 0 amide bonds. The van der Waals surface area contributed by atoms with E-state index in [1.165, 1.54) is 25.5 Å². The van der Waals surface area contributed by atoms with E-state index in [2.05, 4.69) is 5.18 Å². The van der Waals surface area contributed by atoms with E-state index < -0.39 is 6.04 Å². The average Bonchev–Trinajstić information content (AvgIpc) is 2.45. The number of nitrogens with two attached hydrogens (primary N) is 1. The summed E-state index contributed by atoms with van der Waals surface area (Å²) < 4.78 is 0. The minimum absolute atomic E-state index is 0.430. The Kier molecular flexibility index (Phi) is 5.12. The lowest BCUT2D eigenvalue weighted by molar-refractivity contribution is 0.319. The highest BCUT2D eigenvalue weighted by molar-refractivity contribution is 6.31. The summed E-state index contributed by atoms with van der Waals surface area (Å²) in [7, 11) is 0. The van der Waals surface area contributed by atoms with Crippen molar-refractivity contribution in [1.29, 1.82) is 5.41 Å². The molecule has 0 aromatic heterocycles. The van der Waals surface area contributed by atoms with Crippen molar-refractivity contribution < 1.29 is 0 Å². The maximum Gasteiger partial charge on any atom is 0.118 e. The summed E-state index contributed by atoms with van der Waals surface area (Å²) in [5.41, 5.74) is 7.56. The van der Waals surface area contributed by atoms with Gasteiger partial charge in [0.2, 0.25) is 0 Å². The number of hydrogen-bond donors (Lipinski definition) is 2. The zero-order valence-electron chi connectivity index (χ0n) is 11.4. The van der Waals surface area contributed by atoms with Crippen molar-refractivity contribution in [2.75, 3.05) is 5.73 Å². The molecule has 108 valence electrons. The normalized spacial score (nSPS) is 17.6. The first-order valence-electron chi connectivity index (χ1n) is 7.07. The van der Waals surface area contributed by atoms with Gasteiger partial charge in [-0.25, -0.2) is 0 Å². The molecule has 1 saturated carbocycles. The van der Waals surface area contributed by atoms with Crippen LogP contribution in [0.5, 0.6) is 0 Å². The lowest BCUT2D eigenvalue weighted by Crippen LogP contribution is -2.12. The zero-order valence-corrected chi connectivity index (χ0v) is 12.2. The summed E-state index contributed by atoms with van der Waals surface area (Å²) in [6, 6.07) is 2.86. The van der Waals surface area contributed by atoms with Gasteiger partial charge >= 0.3 is 0 Å². The molecule has 3 N–H and O–H groups in total.